The van der Waals surface area contributed by atoms with Crippen LogP contribution in [0.15, 0.2) is 84.1 Å². The van der Waals surface area contributed by atoms with E-state index in [1.807, 2.05) is 56.7 Å². The molecule has 0 spiro atoms. The smallest absolute Gasteiger partial charge is 0.123 e. The van der Waals surface area contributed by atoms with E-state index in [0.717, 1.165) is 60.9 Å². The number of rotatable bonds is 6. The van der Waals surface area contributed by atoms with Crippen molar-refractivity contribution in [3.05, 3.63) is 102 Å². The molecular weight excluding hydrogens is 471 g/mol. The van der Waals surface area contributed by atoms with E-state index in [1.54, 1.807) is 0 Å². The maximum absolute atomic E-state index is 13.7. The third kappa shape index (κ3) is 7.16. The fourth-order valence-electron chi connectivity index (χ4n) is 5.53. The summed E-state index contributed by atoms with van der Waals surface area (Å²) in [6.07, 6.45) is 11.3. The van der Waals surface area contributed by atoms with E-state index >= 15 is 0 Å². The van der Waals surface area contributed by atoms with E-state index < -0.39 is 0 Å². The first kappa shape index (κ1) is 27.7. The van der Waals surface area contributed by atoms with Crippen molar-refractivity contribution in [2.45, 2.75) is 52.0 Å². The van der Waals surface area contributed by atoms with Gasteiger partial charge in [-0.15, -0.1) is 0 Å². The minimum Gasteiger partial charge on any atom is -0.368 e. The van der Waals surface area contributed by atoms with Gasteiger partial charge in [-0.2, -0.15) is 0 Å². The number of aliphatic imine (C=N–C) groups is 1. The zero-order valence-electron chi connectivity index (χ0n) is 23.1. The molecule has 5 rings (SSSR count). The van der Waals surface area contributed by atoms with Gasteiger partial charge in [0.15, 0.2) is 0 Å². The van der Waals surface area contributed by atoms with Gasteiger partial charge in [0.05, 0.1) is 11.4 Å². The average Bonchev–Trinajstić information content (AvgIpc) is 2.96. The van der Waals surface area contributed by atoms with Crippen LogP contribution in [0.2, 0.25) is 0 Å². The van der Waals surface area contributed by atoms with Gasteiger partial charge in [0, 0.05) is 49.4 Å². The summed E-state index contributed by atoms with van der Waals surface area (Å²) in [4.78, 5) is 14.2. The minimum atomic E-state index is -0.235. The first-order chi connectivity index (χ1) is 18.7. The molecule has 0 aliphatic carbocycles. The molecule has 1 saturated heterocycles. The Hall–Kier alpha value is -3.31. The summed E-state index contributed by atoms with van der Waals surface area (Å²) in [6.45, 7) is 7.33. The molecule has 3 heterocycles. The molecular formula is C33H41FN4. The Bertz CT molecular complexity index is 1170. The lowest BCUT2D eigenvalue weighted by Crippen LogP contribution is -2.45. The average molecular weight is 513 g/mol. The second kappa shape index (κ2) is 14.0. The highest BCUT2D eigenvalue weighted by atomic mass is 19.1. The topological polar surface area (TPSA) is 31.7 Å². The number of likely N-dealkylation sites (tertiary alicyclic amines) is 1. The molecule has 5 heteroatoms. The summed E-state index contributed by atoms with van der Waals surface area (Å²) in [5.74, 6) is 0.532. The second-order valence-corrected chi connectivity index (χ2v) is 10.0. The maximum Gasteiger partial charge on any atom is 0.123 e. The van der Waals surface area contributed by atoms with Crippen molar-refractivity contribution in [1.82, 2.24) is 14.8 Å². The van der Waals surface area contributed by atoms with Crippen LogP contribution in [0.5, 0.6) is 0 Å². The van der Waals surface area contributed by atoms with Crippen LogP contribution in [0, 0.1) is 11.7 Å². The summed E-state index contributed by atoms with van der Waals surface area (Å²) in [6, 6.07) is 22.0. The van der Waals surface area contributed by atoms with Gasteiger partial charge in [0.25, 0.3) is 0 Å². The van der Waals surface area contributed by atoms with Crippen molar-refractivity contribution in [2.24, 2.45) is 10.9 Å². The van der Waals surface area contributed by atoms with Gasteiger partial charge in [0.2, 0.25) is 0 Å². The third-order valence-corrected chi connectivity index (χ3v) is 7.59. The number of hydrogen-bond acceptors (Lipinski definition) is 4. The lowest BCUT2D eigenvalue weighted by atomic mass is 9.90. The molecule has 0 unspecified atom stereocenters. The summed E-state index contributed by atoms with van der Waals surface area (Å²) in [5.41, 5.74) is 5.42. The molecule has 0 amide bonds. The third-order valence-electron chi connectivity index (χ3n) is 7.59. The molecule has 0 saturated carbocycles. The highest BCUT2D eigenvalue weighted by Crippen LogP contribution is 2.33. The van der Waals surface area contributed by atoms with Gasteiger partial charge < -0.3 is 9.80 Å². The number of nitrogens with zero attached hydrogens (tertiary/aromatic N) is 4. The Morgan fingerprint density at radius 3 is 2.21 bits per heavy atom. The molecule has 0 bridgehead atoms. The van der Waals surface area contributed by atoms with Crippen LogP contribution in [0.3, 0.4) is 0 Å². The summed E-state index contributed by atoms with van der Waals surface area (Å²) in [5, 5.41) is 0. The van der Waals surface area contributed by atoms with Gasteiger partial charge in [-0.3, -0.25) is 9.98 Å². The van der Waals surface area contributed by atoms with Crippen LogP contribution >= 0.6 is 0 Å². The van der Waals surface area contributed by atoms with E-state index in [1.165, 1.54) is 37.0 Å². The molecule has 0 radical (unpaired) electrons. The predicted molar refractivity (Wildman–Crippen MR) is 157 cm³/mol. The first-order valence-electron chi connectivity index (χ1n) is 14.1. The second-order valence-electron chi connectivity index (χ2n) is 10.0. The summed E-state index contributed by atoms with van der Waals surface area (Å²) >= 11 is 0. The standard InChI is InChI=1S/C31H35FN4.C2H6/c1-35-29(23-36-20-15-25(16-21-36)22-24-6-3-2-4-7-24)8-5-17-34-30(26-9-11-28(32)12-10-26)31(35)27-13-18-33-19-14-27;1-2/h2-4,6-7,9-14,17-19,25,29H,5,8,15-16,20-23H2,1H3;1-2H3/b31-30-,34-17?;/t29-;/m0./s1. The summed E-state index contributed by atoms with van der Waals surface area (Å²) < 4.78 is 13.7. The SMILES string of the molecule is CC.CN1/C(c2ccncc2)=C(/c2ccc(F)cc2)N=CCC[C@H]1CN1CCC(Cc2ccccc2)CC1. The Morgan fingerprint density at radius 1 is 0.842 bits per heavy atom. The van der Waals surface area contributed by atoms with Gasteiger partial charge in [-0.1, -0.05) is 44.2 Å². The molecule has 0 N–H and O–H groups in total. The van der Waals surface area contributed by atoms with Crippen LogP contribution in [0.4, 0.5) is 4.39 Å². The number of aromatic nitrogens is 1. The zero-order valence-corrected chi connectivity index (χ0v) is 23.1. The van der Waals surface area contributed by atoms with Crippen molar-refractivity contribution >= 4 is 17.6 Å². The first-order valence-corrected chi connectivity index (χ1v) is 14.1. The van der Waals surface area contributed by atoms with E-state index in [2.05, 4.69) is 52.2 Å². The minimum absolute atomic E-state index is 0.235. The van der Waals surface area contributed by atoms with E-state index in [-0.39, 0.29) is 5.82 Å². The number of pyridine rings is 1. The quantitative estimate of drug-likeness (QED) is 0.350. The number of likely N-dealkylation sites (N-methyl/N-ethyl adjacent to an activating group) is 1. The normalized spacial score (nSPS) is 20.8. The molecule has 2 aliphatic heterocycles. The van der Waals surface area contributed by atoms with Crippen LogP contribution in [-0.4, -0.2) is 53.7 Å². The number of piperidine rings is 1. The molecule has 2 aliphatic rings. The number of halogens is 1. The molecule has 38 heavy (non-hydrogen) atoms. The molecule has 200 valence electrons. The zero-order chi connectivity index (χ0) is 26.7. The fraction of sp³-hybridized carbons (Fsp3) is 0.394. The van der Waals surface area contributed by atoms with E-state index in [9.17, 15) is 4.39 Å². The molecule has 3 aromatic rings. The Labute approximate surface area is 227 Å². The molecule has 1 aromatic heterocycles. The number of benzene rings is 2. The highest BCUT2D eigenvalue weighted by molar-refractivity contribution is 5.92. The van der Waals surface area contributed by atoms with Crippen LogP contribution < -0.4 is 0 Å². The molecule has 1 fully saturated rings. The highest BCUT2D eigenvalue weighted by Gasteiger charge is 2.27. The van der Waals surface area contributed by atoms with Gasteiger partial charge in [0.1, 0.15) is 5.82 Å². The van der Waals surface area contributed by atoms with E-state index in [4.69, 9.17) is 4.99 Å². The summed E-state index contributed by atoms with van der Waals surface area (Å²) in [7, 11) is 2.19. The van der Waals surface area contributed by atoms with Crippen molar-refractivity contribution in [2.75, 3.05) is 26.7 Å². The van der Waals surface area contributed by atoms with Crippen LogP contribution in [-0.2, 0) is 6.42 Å². The van der Waals surface area contributed by atoms with Crippen molar-refractivity contribution in [1.29, 1.82) is 0 Å². The molecule has 1 atom stereocenters. The lowest BCUT2D eigenvalue weighted by molar-refractivity contribution is 0.144. The van der Waals surface area contributed by atoms with Gasteiger partial charge in [-0.05, 0) is 93.1 Å². The van der Waals surface area contributed by atoms with Gasteiger partial charge >= 0.3 is 0 Å². The lowest BCUT2D eigenvalue weighted by Gasteiger charge is -2.39. The largest absolute Gasteiger partial charge is 0.368 e. The Kier molecular flexibility index (Phi) is 10.2. The predicted octanol–water partition coefficient (Wildman–Crippen LogP) is 7.19. The molecule has 2 aromatic carbocycles. The number of hydrogen-bond donors (Lipinski definition) is 0. The molecule has 4 nitrogen and oxygen atoms in total. The monoisotopic (exact) mass is 512 g/mol. The van der Waals surface area contributed by atoms with Crippen molar-refractivity contribution in [3.63, 3.8) is 0 Å². The van der Waals surface area contributed by atoms with E-state index in [0.29, 0.717) is 6.04 Å². The Morgan fingerprint density at radius 2 is 1.53 bits per heavy atom. The maximum atomic E-state index is 13.7. The Balaban J connectivity index is 0.00000164. The van der Waals surface area contributed by atoms with Crippen LogP contribution in [0.1, 0.15) is 56.2 Å². The fourth-order valence-corrected chi connectivity index (χ4v) is 5.53. The van der Waals surface area contributed by atoms with Crippen LogP contribution in [0.25, 0.3) is 11.4 Å². The van der Waals surface area contributed by atoms with Gasteiger partial charge in [-0.25, -0.2) is 4.39 Å². The van der Waals surface area contributed by atoms with Crippen molar-refractivity contribution < 1.29 is 4.39 Å². The van der Waals surface area contributed by atoms with Crippen molar-refractivity contribution in [3.8, 4) is 0 Å².